The molecule has 0 bridgehead atoms. The van der Waals surface area contributed by atoms with Gasteiger partial charge in [-0.15, -0.1) is 23.5 Å². The summed E-state index contributed by atoms with van der Waals surface area (Å²) in [6, 6.07) is 4.96. The summed E-state index contributed by atoms with van der Waals surface area (Å²) in [4.78, 5) is 25.1. The number of morpholine rings is 1. The van der Waals surface area contributed by atoms with Crippen LogP contribution in [0.1, 0.15) is 18.9 Å². The Bertz CT molecular complexity index is 732. The second-order valence-corrected chi connectivity index (χ2v) is 9.86. The molecule has 0 unspecified atom stereocenters. The Balaban J connectivity index is 1.64. The summed E-state index contributed by atoms with van der Waals surface area (Å²) in [6.07, 6.45) is 1.82. The SMILES string of the molecule is CC1(CC(=O)N/N=C\c2ccc(N3CCOCC3)c([N+](=O)[O-])c2)SCCS1. The topological polar surface area (TPSA) is 97.1 Å². The van der Waals surface area contributed by atoms with Crippen LogP contribution >= 0.6 is 23.5 Å². The summed E-state index contributed by atoms with van der Waals surface area (Å²) < 4.78 is 5.20. The number of nitrogens with zero attached hydrogens (tertiary/aromatic N) is 3. The maximum Gasteiger partial charge on any atom is 0.293 e. The Morgan fingerprint density at radius 1 is 1.41 bits per heavy atom. The molecular weight excluding hydrogens is 388 g/mol. The fourth-order valence-corrected chi connectivity index (χ4v) is 5.84. The molecule has 2 fully saturated rings. The maximum absolute atomic E-state index is 12.1. The molecule has 1 aromatic rings. The van der Waals surface area contributed by atoms with Crippen molar-refractivity contribution in [2.45, 2.75) is 17.4 Å². The zero-order chi connectivity index (χ0) is 19.3. The van der Waals surface area contributed by atoms with Gasteiger partial charge >= 0.3 is 0 Å². The number of nitro benzene ring substituents is 1. The van der Waals surface area contributed by atoms with Crippen LogP contribution in [0.2, 0.25) is 0 Å². The number of hydrogen-bond donors (Lipinski definition) is 1. The number of thioether (sulfide) groups is 2. The van der Waals surface area contributed by atoms with E-state index >= 15 is 0 Å². The number of nitrogens with one attached hydrogen (secondary N) is 1. The first-order chi connectivity index (χ1) is 13.0. The van der Waals surface area contributed by atoms with E-state index in [4.69, 9.17) is 4.74 Å². The quantitative estimate of drug-likeness (QED) is 0.437. The molecule has 1 aromatic carbocycles. The van der Waals surface area contributed by atoms with Crippen LogP contribution in [0.3, 0.4) is 0 Å². The van der Waals surface area contributed by atoms with Crippen molar-refractivity contribution in [3.05, 3.63) is 33.9 Å². The fourth-order valence-electron chi connectivity index (χ4n) is 3.01. The van der Waals surface area contributed by atoms with Gasteiger partial charge in [0.25, 0.3) is 5.69 Å². The lowest BCUT2D eigenvalue weighted by Gasteiger charge is -2.28. The van der Waals surface area contributed by atoms with Crippen LogP contribution in [0, 0.1) is 10.1 Å². The van der Waals surface area contributed by atoms with Gasteiger partial charge in [-0.25, -0.2) is 5.43 Å². The third-order valence-electron chi connectivity index (χ3n) is 4.33. The summed E-state index contributed by atoms with van der Waals surface area (Å²) >= 11 is 3.57. The van der Waals surface area contributed by atoms with Crippen molar-refractivity contribution in [2.75, 3.05) is 42.7 Å². The van der Waals surface area contributed by atoms with E-state index in [1.54, 1.807) is 35.7 Å². The van der Waals surface area contributed by atoms with E-state index in [-0.39, 0.29) is 15.7 Å². The molecule has 0 radical (unpaired) electrons. The van der Waals surface area contributed by atoms with E-state index < -0.39 is 4.92 Å². The van der Waals surface area contributed by atoms with Crippen molar-refractivity contribution in [2.24, 2.45) is 5.10 Å². The lowest BCUT2D eigenvalue weighted by atomic mass is 10.1. The number of hydrazone groups is 1. The highest BCUT2D eigenvalue weighted by Crippen LogP contribution is 2.45. The van der Waals surface area contributed by atoms with Gasteiger partial charge in [-0.05, 0) is 13.0 Å². The van der Waals surface area contributed by atoms with E-state index in [0.717, 1.165) is 11.5 Å². The summed E-state index contributed by atoms with van der Waals surface area (Å²) in [5.74, 6) is 1.95. The molecule has 0 aliphatic carbocycles. The summed E-state index contributed by atoms with van der Waals surface area (Å²) in [5, 5.41) is 15.4. The van der Waals surface area contributed by atoms with Crippen LogP contribution in [0.25, 0.3) is 0 Å². The minimum absolute atomic E-state index is 0.0263. The monoisotopic (exact) mass is 410 g/mol. The minimum Gasteiger partial charge on any atom is -0.378 e. The molecular formula is C17H22N4O4S2. The number of nitro groups is 1. The van der Waals surface area contributed by atoms with Crippen molar-refractivity contribution in [1.82, 2.24) is 5.43 Å². The van der Waals surface area contributed by atoms with Crippen LogP contribution in [-0.2, 0) is 9.53 Å². The molecule has 1 amide bonds. The van der Waals surface area contributed by atoms with Crippen molar-refractivity contribution in [3.63, 3.8) is 0 Å². The molecule has 2 heterocycles. The molecule has 0 atom stereocenters. The van der Waals surface area contributed by atoms with E-state index in [0.29, 0.717) is 44.0 Å². The number of amides is 1. The Kier molecular flexibility index (Phi) is 6.61. The average Bonchev–Trinajstić information content (AvgIpc) is 3.08. The smallest absolute Gasteiger partial charge is 0.293 e. The molecule has 8 nitrogen and oxygen atoms in total. The average molecular weight is 411 g/mol. The van der Waals surface area contributed by atoms with Crippen molar-refractivity contribution >= 4 is 47.0 Å². The molecule has 0 aromatic heterocycles. The van der Waals surface area contributed by atoms with E-state index in [1.165, 1.54) is 12.3 Å². The number of rotatable bonds is 6. The Hall–Kier alpha value is -1.78. The van der Waals surface area contributed by atoms with Crippen LogP contribution in [0.4, 0.5) is 11.4 Å². The first kappa shape index (κ1) is 20.0. The molecule has 2 aliphatic heterocycles. The lowest BCUT2D eigenvalue weighted by molar-refractivity contribution is -0.384. The number of ether oxygens (including phenoxy) is 1. The fraction of sp³-hybridized carbons (Fsp3) is 0.529. The first-order valence-electron chi connectivity index (χ1n) is 8.68. The van der Waals surface area contributed by atoms with Gasteiger partial charge in [-0.2, -0.15) is 5.10 Å². The van der Waals surface area contributed by atoms with E-state index in [1.807, 2.05) is 4.90 Å². The number of carbonyl (C=O) groups is 1. The van der Waals surface area contributed by atoms with Gasteiger partial charge in [-0.1, -0.05) is 6.07 Å². The maximum atomic E-state index is 12.1. The molecule has 0 spiro atoms. The molecule has 0 saturated carbocycles. The largest absolute Gasteiger partial charge is 0.378 e. The highest BCUT2D eigenvalue weighted by molar-refractivity contribution is 8.21. The van der Waals surface area contributed by atoms with Crippen LogP contribution in [-0.4, -0.2) is 58.9 Å². The third-order valence-corrected chi connectivity index (χ3v) is 7.62. The van der Waals surface area contributed by atoms with Crippen molar-refractivity contribution in [3.8, 4) is 0 Å². The predicted molar refractivity (Wildman–Crippen MR) is 110 cm³/mol. The molecule has 1 N–H and O–H groups in total. The molecule has 10 heteroatoms. The number of carbonyl (C=O) groups excluding carboxylic acids is 1. The van der Waals surface area contributed by atoms with Gasteiger partial charge in [0.15, 0.2) is 0 Å². The van der Waals surface area contributed by atoms with Gasteiger partial charge < -0.3 is 9.64 Å². The van der Waals surface area contributed by atoms with Gasteiger partial charge in [0.2, 0.25) is 5.91 Å². The third kappa shape index (κ3) is 5.36. The molecule has 2 aliphatic rings. The van der Waals surface area contributed by atoms with Crippen LogP contribution in [0.5, 0.6) is 0 Å². The van der Waals surface area contributed by atoms with E-state index in [2.05, 4.69) is 17.5 Å². The van der Waals surface area contributed by atoms with Gasteiger partial charge in [-0.3, -0.25) is 14.9 Å². The predicted octanol–water partition coefficient (Wildman–Crippen LogP) is 2.47. The number of benzene rings is 1. The van der Waals surface area contributed by atoms with Crippen molar-refractivity contribution < 1.29 is 14.5 Å². The summed E-state index contributed by atoms with van der Waals surface area (Å²) in [5.41, 5.74) is 3.68. The highest BCUT2D eigenvalue weighted by Gasteiger charge is 2.32. The second-order valence-electron chi connectivity index (χ2n) is 6.41. The molecule has 3 rings (SSSR count). The van der Waals surface area contributed by atoms with Gasteiger partial charge in [0.1, 0.15) is 5.69 Å². The van der Waals surface area contributed by atoms with E-state index in [9.17, 15) is 14.9 Å². The molecule has 146 valence electrons. The van der Waals surface area contributed by atoms with Crippen molar-refractivity contribution in [1.29, 1.82) is 0 Å². The normalized spacial score (nSPS) is 19.4. The second kappa shape index (κ2) is 8.94. The summed E-state index contributed by atoms with van der Waals surface area (Å²) in [7, 11) is 0. The molecule has 2 saturated heterocycles. The zero-order valence-electron chi connectivity index (χ0n) is 15.1. The zero-order valence-corrected chi connectivity index (χ0v) is 16.7. The van der Waals surface area contributed by atoms with Crippen LogP contribution < -0.4 is 10.3 Å². The Morgan fingerprint density at radius 2 is 2.11 bits per heavy atom. The lowest BCUT2D eigenvalue weighted by Crippen LogP contribution is -2.36. The van der Waals surface area contributed by atoms with Gasteiger partial charge in [0, 0.05) is 36.2 Å². The first-order valence-corrected chi connectivity index (χ1v) is 10.6. The highest BCUT2D eigenvalue weighted by atomic mass is 32.2. The Labute approximate surface area is 166 Å². The number of anilines is 1. The standard InChI is InChI=1S/C17H22N4O4S2/c1-17(26-8-9-27-17)11-16(22)19-18-12-13-2-3-14(15(10-13)21(23)24)20-4-6-25-7-5-20/h2-3,10,12H,4-9,11H2,1H3,(H,19,22)/b18-12-. The molecule has 27 heavy (non-hydrogen) atoms. The minimum atomic E-state index is -0.393. The summed E-state index contributed by atoms with van der Waals surface area (Å²) in [6.45, 7) is 4.42. The van der Waals surface area contributed by atoms with Gasteiger partial charge in [0.05, 0.1) is 34.9 Å². The Morgan fingerprint density at radius 3 is 2.78 bits per heavy atom. The van der Waals surface area contributed by atoms with Crippen LogP contribution in [0.15, 0.2) is 23.3 Å². The number of hydrogen-bond acceptors (Lipinski definition) is 8.